The number of rotatable bonds is 4. The molecule has 0 spiro atoms. The molecule has 6 heteroatoms. The van der Waals surface area contributed by atoms with Crippen LogP contribution in [0, 0.1) is 0 Å². The smallest absolute Gasteiger partial charge is 0.174 e. The van der Waals surface area contributed by atoms with Crippen molar-refractivity contribution in [2.75, 3.05) is 4.90 Å². The fourth-order valence-electron chi connectivity index (χ4n) is 3.92. The van der Waals surface area contributed by atoms with Gasteiger partial charge in [0.15, 0.2) is 5.11 Å². The van der Waals surface area contributed by atoms with Gasteiger partial charge in [0.05, 0.1) is 17.8 Å². The highest BCUT2D eigenvalue weighted by atomic mass is 79.9. The third kappa shape index (κ3) is 3.53. The van der Waals surface area contributed by atoms with E-state index < -0.39 is 0 Å². The highest BCUT2D eigenvalue weighted by molar-refractivity contribution is 9.10. The van der Waals surface area contributed by atoms with Crippen molar-refractivity contribution in [2.45, 2.75) is 12.1 Å². The van der Waals surface area contributed by atoms with Gasteiger partial charge in [-0.15, -0.1) is 0 Å². The summed E-state index contributed by atoms with van der Waals surface area (Å²) >= 11 is 9.30. The summed E-state index contributed by atoms with van der Waals surface area (Å²) in [6, 6.07) is 26.7. The van der Waals surface area contributed by atoms with Crippen LogP contribution in [0.2, 0.25) is 0 Å². The SMILES string of the molecule is S=C1NC(c2ccccn2)C(c2ccn(-c3ccccc3)c2)N1c1ccc(Br)cc1. The number of pyridine rings is 1. The van der Waals surface area contributed by atoms with Crippen LogP contribution in [0.3, 0.4) is 0 Å². The van der Waals surface area contributed by atoms with E-state index >= 15 is 0 Å². The predicted molar refractivity (Wildman–Crippen MR) is 128 cm³/mol. The maximum atomic E-state index is 5.78. The van der Waals surface area contributed by atoms with Crippen LogP contribution in [-0.4, -0.2) is 14.7 Å². The van der Waals surface area contributed by atoms with Gasteiger partial charge in [0.2, 0.25) is 0 Å². The van der Waals surface area contributed by atoms with Crippen molar-refractivity contribution < 1.29 is 0 Å². The van der Waals surface area contributed by atoms with Gasteiger partial charge >= 0.3 is 0 Å². The van der Waals surface area contributed by atoms with Gasteiger partial charge in [0, 0.05) is 34.4 Å². The molecule has 4 nitrogen and oxygen atoms in total. The lowest BCUT2D eigenvalue weighted by Gasteiger charge is -2.27. The fourth-order valence-corrected chi connectivity index (χ4v) is 4.53. The van der Waals surface area contributed by atoms with Gasteiger partial charge in [0.25, 0.3) is 0 Å². The van der Waals surface area contributed by atoms with E-state index in [2.05, 4.69) is 78.4 Å². The first-order chi connectivity index (χ1) is 14.7. The van der Waals surface area contributed by atoms with Gasteiger partial charge in [-0.1, -0.05) is 40.2 Å². The van der Waals surface area contributed by atoms with E-state index in [9.17, 15) is 0 Å². The van der Waals surface area contributed by atoms with Crippen molar-refractivity contribution in [1.29, 1.82) is 0 Å². The van der Waals surface area contributed by atoms with Crippen LogP contribution in [0.15, 0.2) is 102 Å². The zero-order valence-electron chi connectivity index (χ0n) is 16.0. The first-order valence-corrected chi connectivity index (χ1v) is 10.9. The summed E-state index contributed by atoms with van der Waals surface area (Å²) < 4.78 is 3.18. The molecule has 5 rings (SSSR count). The zero-order chi connectivity index (χ0) is 20.5. The molecule has 1 N–H and O–H groups in total. The summed E-state index contributed by atoms with van der Waals surface area (Å²) in [5.41, 5.74) is 4.31. The highest BCUT2D eigenvalue weighted by Gasteiger charge is 2.41. The number of anilines is 1. The molecule has 1 saturated heterocycles. The Morgan fingerprint density at radius 1 is 0.867 bits per heavy atom. The van der Waals surface area contributed by atoms with Gasteiger partial charge in [-0.3, -0.25) is 4.98 Å². The Morgan fingerprint density at radius 3 is 2.37 bits per heavy atom. The Balaban J connectivity index is 1.60. The monoisotopic (exact) mass is 474 g/mol. The molecule has 30 heavy (non-hydrogen) atoms. The van der Waals surface area contributed by atoms with Crippen molar-refractivity contribution in [3.8, 4) is 5.69 Å². The van der Waals surface area contributed by atoms with Crippen LogP contribution in [0.5, 0.6) is 0 Å². The summed E-state index contributed by atoms with van der Waals surface area (Å²) in [5.74, 6) is 0. The number of nitrogens with zero attached hydrogens (tertiary/aromatic N) is 3. The molecule has 2 aromatic carbocycles. The minimum absolute atomic E-state index is 0.0152. The number of hydrogen-bond donors (Lipinski definition) is 1. The maximum Gasteiger partial charge on any atom is 0.174 e. The fraction of sp³-hybridized carbons (Fsp3) is 0.0833. The summed E-state index contributed by atoms with van der Waals surface area (Å²) in [7, 11) is 0. The summed E-state index contributed by atoms with van der Waals surface area (Å²) in [4.78, 5) is 6.80. The summed E-state index contributed by atoms with van der Waals surface area (Å²) in [6.07, 6.45) is 6.10. The lowest BCUT2D eigenvalue weighted by molar-refractivity contribution is 0.568. The van der Waals surface area contributed by atoms with Crippen LogP contribution >= 0.6 is 28.1 Å². The van der Waals surface area contributed by atoms with Crippen molar-refractivity contribution in [1.82, 2.24) is 14.9 Å². The van der Waals surface area contributed by atoms with Crippen molar-refractivity contribution in [3.63, 3.8) is 0 Å². The molecule has 1 aliphatic rings. The van der Waals surface area contributed by atoms with E-state index in [1.54, 1.807) is 0 Å². The van der Waals surface area contributed by atoms with Gasteiger partial charge in [-0.25, -0.2) is 0 Å². The second-order valence-electron chi connectivity index (χ2n) is 7.16. The molecular formula is C24H19BrN4S. The molecule has 0 radical (unpaired) electrons. The van der Waals surface area contributed by atoms with Gasteiger partial charge in [-0.2, -0.15) is 0 Å². The Kier molecular flexibility index (Phi) is 5.11. The zero-order valence-corrected chi connectivity index (χ0v) is 18.4. The normalized spacial score (nSPS) is 18.4. The molecule has 3 heterocycles. The topological polar surface area (TPSA) is 33.1 Å². The molecule has 2 unspecified atom stereocenters. The van der Waals surface area contributed by atoms with Crippen molar-refractivity contribution >= 4 is 38.9 Å². The molecule has 2 aromatic heterocycles. The molecule has 1 fully saturated rings. The van der Waals surface area contributed by atoms with Crippen LogP contribution in [0.1, 0.15) is 23.3 Å². The van der Waals surface area contributed by atoms with Crippen LogP contribution in [0.25, 0.3) is 5.69 Å². The Morgan fingerprint density at radius 2 is 1.63 bits per heavy atom. The molecule has 0 amide bonds. The number of para-hydroxylation sites is 1. The van der Waals surface area contributed by atoms with E-state index in [0.29, 0.717) is 5.11 Å². The first-order valence-electron chi connectivity index (χ1n) is 9.70. The Labute approximate surface area is 189 Å². The molecule has 1 aliphatic heterocycles. The van der Waals surface area contributed by atoms with Crippen molar-refractivity contribution in [3.05, 3.63) is 113 Å². The second kappa shape index (κ2) is 8.05. The van der Waals surface area contributed by atoms with E-state index in [1.807, 2.05) is 54.7 Å². The highest BCUT2D eigenvalue weighted by Crippen LogP contribution is 2.41. The summed E-state index contributed by atoms with van der Waals surface area (Å²) in [5, 5.41) is 4.20. The van der Waals surface area contributed by atoms with E-state index in [4.69, 9.17) is 12.2 Å². The van der Waals surface area contributed by atoms with Gasteiger partial charge in [-0.05, 0) is 72.4 Å². The Bertz CT molecular complexity index is 1160. The molecule has 148 valence electrons. The van der Waals surface area contributed by atoms with Crippen LogP contribution in [0.4, 0.5) is 5.69 Å². The molecular weight excluding hydrogens is 456 g/mol. The lowest BCUT2D eigenvalue weighted by atomic mass is 9.98. The standard InChI is InChI=1S/C24H19BrN4S/c25-18-9-11-20(12-10-18)29-23(22(27-24(29)30)21-8-4-5-14-26-21)17-13-15-28(16-17)19-6-2-1-3-7-19/h1-16,22-23H,(H,27,30). The van der Waals surface area contributed by atoms with E-state index in [1.165, 1.54) is 5.56 Å². The van der Waals surface area contributed by atoms with Crippen molar-refractivity contribution in [2.24, 2.45) is 0 Å². The molecule has 0 bridgehead atoms. The third-order valence-corrected chi connectivity index (χ3v) is 6.16. The average Bonchev–Trinajstić information content (AvgIpc) is 3.40. The van der Waals surface area contributed by atoms with E-state index in [-0.39, 0.29) is 12.1 Å². The van der Waals surface area contributed by atoms with Gasteiger partial charge in [0.1, 0.15) is 0 Å². The first kappa shape index (κ1) is 19.0. The van der Waals surface area contributed by atoms with E-state index in [0.717, 1.165) is 21.5 Å². The number of thiocarbonyl (C=S) groups is 1. The minimum Gasteiger partial charge on any atom is -0.351 e. The molecule has 2 atom stereocenters. The molecule has 0 aliphatic carbocycles. The largest absolute Gasteiger partial charge is 0.351 e. The lowest BCUT2D eigenvalue weighted by Crippen LogP contribution is -2.29. The molecule has 0 saturated carbocycles. The quantitative estimate of drug-likeness (QED) is 0.378. The summed E-state index contributed by atoms with van der Waals surface area (Å²) in [6.45, 7) is 0. The predicted octanol–water partition coefficient (Wildman–Crippen LogP) is 5.81. The molecule has 4 aromatic rings. The third-order valence-electron chi connectivity index (χ3n) is 5.31. The Hall–Kier alpha value is -2.96. The number of hydrogen-bond acceptors (Lipinski definition) is 2. The second-order valence-corrected chi connectivity index (χ2v) is 8.46. The number of benzene rings is 2. The van der Waals surface area contributed by atoms with Crippen LogP contribution in [-0.2, 0) is 0 Å². The average molecular weight is 475 g/mol. The number of halogens is 1. The number of aromatic nitrogens is 2. The maximum absolute atomic E-state index is 5.78. The van der Waals surface area contributed by atoms with Crippen LogP contribution < -0.4 is 10.2 Å². The minimum atomic E-state index is -0.0472. The van der Waals surface area contributed by atoms with Gasteiger partial charge < -0.3 is 14.8 Å². The number of nitrogens with one attached hydrogen (secondary N) is 1.